The lowest BCUT2D eigenvalue weighted by molar-refractivity contribution is 0.513. The second-order valence-electron chi connectivity index (χ2n) is 2.64. The Balaban J connectivity index is 2.50. The summed E-state index contributed by atoms with van der Waals surface area (Å²) in [5.41, 5.74) is 11.8. The number of fused-ring (bicyclic) bond motifs is 1. The van der Waals surface area contributed by atoms with Gasteiger partial charge < -0.3 is 5.73 Å². The van der Waals surface area contributed by atoms with Crippen molar-refractivity contribution < 1.29 is 0 Å². The first kappa shape index (κ1) is 8.02. The molecule has 0 amide bonds. The van der Waals surface area contributed by atoms with E-state index in [1.165, 1.54) is 6.34 Å². The lowest BCUT2D eigenvalue weighted by Crippen LogP contribution is -2.60. The Morgan fingerprint density at radius 2 is 2.31 bits per heavy atom. The average Bonchev–Trinajstić information content (AvgIpc) is 2.52. The summed E-state index contributed by atoms with van der Waals surface area (Å²) in [7, 11) is 1.67. The van der Waals surface area contributed by atoms with Gasteiger partial charge in [0, 0.05) is 0 Å². The fourth-order valence-corrected chi connectivity index (χ4v) is 1.15. The monoisotopic (exact) mass is 179 g/mol. The molecule has 1 atom stereocenters. The van der Waals surface area contributed by atoms with Gasteiger partial charge in [-0.25, -0.2) is 15.0 Å². The Bertz CT molecular complexity index is 363. The van der Waals surface area contributed by atoms with Crippen molar-refractivity contribution in [3.63, 3.8) is 0 Å². The molecule has 0 spiro atoms. The minimum atomic E-state index is -1.10. The van der Waals surface area contributed by atoms with Gasteiger partial charge in [-0.15, -0.1) is 0 Å². The van der Waals surface area contributed by atoms with Crippen molar-refractivity contribution in [2.24, 2.45) is 31.4 Å². The quantitative estimate of drug-likeness (QED) is 0.405. The molecule has 0 aromatic carbocycles. The summed E-state index contributed by atoms with van der Waals surface area (Å²) in [5, 5.41) is 2.80. The summed E-state index contributed by atoms with van der Waals surface area (Å²) >= 11 is 0. The molecule has 0 aromatic rings. The van der Waals surface area contributed by atoms with Crippen LogP contribution in [0.1, 0.15) is 0 Å². The SMILES string of the molecule is CNC1(N)N=C(N)N=C2N=CN=C21. The lowest BCUT2D eigenvalue weighted by atomic mass is 10.2. The van der Waals surface area contributed by atoms with Gasteiger partial charge in [-0.3, -0.25) is 11.1 Å². The van der Waals surface area contributed by atoms with Crippen LogP contribution in [0.25, 0.3) is 0 Å². The zero-order valence-corrected chi connectivity index (χ0v) is 7.02. The molecule has 0 aromatic heterocycles. The predicted octanol–water partition coefficient (Wildman–Crippen LogP) is -1.97. The lowest BCUT2D eigenvalue weighted by Gasteiger charge is -2.26. The molecule has 2 rings (SSSR count). The van der Waals surface area contributed by atoms with Crippen LogP contribution in [0.2, 0.25) is 0 Å². The molecule has 0 saturated heterocycles. The van der Waals surface area contributed by atoms with E-state index in [1.54, 1.807) is 7.05 Å². The number of hydrogen-bond acceptors (Lipinski definition) is 7. The second kappa shape index (κ2) is 2.44. The van der Waals surface area contributed by atoms with Gasteiger partial charge in [0.2, 0.25) is 11.7 Å². The first-order valence-corrected chi connectivity index (χ1v) is 3.69. The molecule has 13 heavy (non-hydrogen) atoms. The maximum absolute atomic E-state index is 5.86. The Morgan fingerprint density at radius 3 is 3.00 bits per heavy atom. The molecule has 7 nitrogen and oxygen atoms in total. The topological polar surface area (TPSA) is 114 Å². The molecule has 0 saturated carbocycles. The molecular formula is C6H9N7. The largest absolute Gasteiger partial charge is 0.368 e. The van der Waals surface area contributed by atoms with Gasteiger partial charge in [-0.2, -0.15) is 4.99 Å². The number of rotatable bonds is 1. The zero-order chi connectivity index (χ0) is 9.47. The van der Waals surface area contributed by atoms with Gasteiger partial charge in [-0.05, 0) is 7.05 Å². The molecule has 2 aliphatic rings. The van der Waals surface area contributed by atoms with Crippen LogP contribution in [0.15, 0.2) is 20.0 Å². The zero-order valence-electron chi connectivity index (χ0n) is 7.02. The number of nitrogens with zero attached hydrogens (tertiary/aromatic N) is 4. The van der Waals surface area contributed by atoms with Gasteiger partial charge in [-0.1, -0.05) is 0 Å². The third-order valence-electron chi connectivity index (χ3n) is 1.83. The number of nitrogens with one attached hydrogen (secondary N) is 1. The summed E-state index contributed by atoms with van der Waals surface area (Å²) in [6.45, 7) is 0. The van der Waals surface area contributed by atoms with Crippen LogP contribution >= 0.6 is 0 Å². The van der Waals surface area contributed by atoms with E-state index in [9.17, 15) is 0 Å². The van der Waals surface area contributed by atoms with Crippen LogP contribution in [0, 0.1) is 0 Å². The van der Waals surface area contributed by atoms with Gasteiger partial charge >= 0.3 is 0 Å². The minimum absolute atomic E-state index is 0.102. The van der Waals surface area contributed by atoms with Crippen LogP contribution in [-0.2, 0) is 0 Å². The van der Waals surface area contributed by atoms with E-state index in [0.29, 0.717) is 11.5 Å². The first-order valence-electron chi connectivity index (χ1n) is 3.69. The summed E-state index contributed by atoms with van der Waals surface area (Å²) in [4.78, 5) is 15.7. The third-order valence-corrected chi connectivity index (χ3v) is 1.83. The number of aliphatic imine (C=N–C) groups is 4. The van der Waals surface area contributed by atoms with E-state index in [4.69, 9.17) is 11.5 Å². The highest BCUT2D eigenvalue weighted by molar-refractivity contribution is 6.50. The Morgan fingerprint density at radius 1 is 1.54 bits per heavy atom. The van der Waals surface area contributed by atoms with Crippen molar-refractivity contribution in [3.8, 4) is 0 Å². The van der Waals surface area contributed by atoms with Crippen LogP contribution in [0.4, 0.5) is 0 Å². The molecule has 0 radical (unpaired) electrons. The summed E-state index contributed by atoms with van der Waals surface area (Å²) in [5.74, 6) is -0.577. The summed E-state index contributed by atoms with van der Waals surface area (Å²) in [6.07, 6.45) is 1.38. The highest BCUT2D eigenvalue weighted by atomic mass is 15.3. The number of guanidine groups is 1. The van der Waals surface area contributed by atoms with Crippen molar-refractivity contribution in [1.29, 1.82) is 0 Å². The molecule has 5 N–H and O–H groups in total. The van der Waals surface area contributed by atoms with E-state index in [1.807, 2.05) is 0 Å². The van der Waals surface area contributed by atoms with Gasteiger partial charge in [0.15, 0.2) is 5.84 Å². The van der Waals surface area contributed by atoms with Gasteiger partial charge in [0.05, 0.1) is 0 Å². The Hall–Kier alpha value is -1.60. The maximum atomic E-state index is 5.86. The molecule has 0 aliphatic carbocycles. The van der Waals surface area contributed by atoms with Crippen LogP contribution in [0.3, 0.4) is 0 Å². The highest BCUT2D eigenvalue weighted by Gasteiger charge is 2.37. The molecule has 68 valence electrons. The van der Waals surface area contributed by atoms with E-state index >= 15 is 0 Å². The standard InChI is InChI=1S/C6H9N7/c1-9-6(8)3-4(11-2-10-3)12-5(7)13-6/h2,9H,8H2,1H3,(H2,7,13). The molecule has 0 bridgehead atoms. The van der Waals surface area contributed by atoms with Crippen LogP contribution in [-0.4, -0.2) is 36.7 Å². The fraction of sp³-hybridized carbons (Fsp3) is 0.333. The molecule has 0 fully saturated rings. The molecule has 2 heterocycles. The predicted molar refractivity (Wildman–Crippen MR) is 51.0 cm³/mol. The smallest absolute Gasteiger partial charge is 0.220 e. The molecule has 1 unspecified atom stereocenters. The van der Waals surface area contributed by atoms with Crippen molar-refractivity contribution in [1.82, 2.24) is 5.32 Å². The van der Waals surface area contributed by atoms with Crippen molar-refractivity contribution in [3.05, 3.63) is 0 Å². The third kappa shape index (κ3) is 1.05. The minimum Gasteiger partial charge on any atom is -0.368 e. The van der Waals surface area contributed by atoms with Crippen LogP contribution in [0.5, 0.6) is 0 Å². The molecule has 2 aliphatic heterocycles. The summed E-state index contributed by atoms with van der Waals surface area (Å²) in [6, 6.07) is 0. The first-order chi connectivity index (χ1) is 6.15. The number of nitrogens with two attached hydrogens (primary N) is 2. The number of amidine groups is 1. The van der Waals surface area contributed by atoms with Crippen LogP contribution < -0.4 is 16.8 Å². The fourth-order valence-electron chi connectivity index (χ4n) is 1.15. The normalized spacial score (nSPS) is 30.8. The average molecular weight is 179 g/mol. The van der Waals surface area contributed by atoms with Crippen molar-refractivity contribution in [2.75, 3.05) is 7.05 Å². The maximum Gasteiger partial charge on any atom is 0.220 e. The van der Waals surface area contributed by atoms with Gasteiger partial charge in [0.25, 0.3) is 0 Å². The van der Waals surface area contributed by atoms with Crippen molar-refractivity contribution in [2.45, 2.75) is 5.79 Å². The number of hydrogen-bond donors (Lipinski definition) is 3. The Kier molecular flexibility index (Phi) is 1.51. The summed E-state index contributed by atoms with van der Waals surface area (Å²) < 4.78 is 0. The molecular weight excluding hydrogens is 170 g/mol. The Labute approximate surface area is 74.4 Å². The van der Waals surface area contributed by atoms with Crippen molar-refractivity contribution >= 4 is 23.8 Å². The second-order valence-corrected chi connectivity index (χ2v) is 2.64. The van der Waals surface area contributed by atoms with E-state index < -0.39 is 5.79 Å². The van der Waals surface area contributed by atoms with Gasteiger partial charge in [0.1, 0.15) is 12.1 Å². The molecule has 7 heteroatoms. The van der Waals surface area contributed by atoms with E-state index in [0.717, 1.165) is 0 Å². The van der Waals surface area contributed by atoms with E-state index in [2.05, 4.69) is 25.3 Å². The van der Waals surface area contributed by atoms with E-state index in [-0.39, 0.29) is 5.96 Å². The highest BCUT2D eigenvalue weighted by Crippen LogP contribution is 2.12.